The molecular formula is C10H15NO3. The van der Waals surface area contributed by atoms with Gasteiger partial charge in [0.25, 0.3) is 5.91 Å². The van der Waals surface area contributed by atoms with Gasteiger partial charge in [0.15, 0.2) is 0 Å². The molecule has 0 saturated heterocycles. The van der Waals surface area contributed by atoms with Gasteiger partial charge < -0.3 is 14.8 Å². The third kappa shape index (κ3) is 2.88. The summed E-state index contributed by atoms with van der Waals surface area (Å²) in [6.07, 6.45) is 0. The van der Waals surface area contributed by atoms with Gasteiger partial charge in [0, 0.05) is 0 Å². The molecule has 2 N–H and O–H groups in total. The molecule has 0 fully saturated rings. The zero-order chi connectivity index (χ0) is 10.8. The van der Waals surface area contributed by atoms with Crippen LogP contribution in [0.15, 0.2) is 16.5 Å². The Morgan fingerprint density at radius 3 is 2.64 bits per heavy atom. The summed E-state index contributed by atoms with van der Waals surface area (Å²) in [6.45, 7) is 5.02. The van der Waals surface area contributed by atoms with Crippen LogP contribution in [-0.2, 0) is 11.3 Å². The van der Waals surface area contributed by atoms with Crippen molar-refractivity contribution in [2.24, 2.45) is 0 Å². The second-order valence-corrected chi connectivity index (χ2v) is 3.75. The van der Waals surface area contributed by atoms with E-state index in [9.17, 15) is 9.90 Å². The fraction of sp³-hybridized carbons (Fsp3) is 0.500. The molecule has 0 spiro atoms. The molecular weight excluding hydrogens is 182 g/mol. The van der Waals surface area contributed by atoms with Crippen LogP contribution in [-0.4, -0.2) is 16.6 Å². The van der Waals surface area contributed by atoms with E-state index in [1.807, 2.05) is 13.0 Å². The fourth-order valence-electron chi connectivity index (χ4n) is 0.964. The summed E-state index contributed by atoms with van der Waals surface area (Å²) >= 11 is 0. The van der Waals surface area contributed by atoms with Crippen LogP contribution in [0.4, 0.5) is 0 Å². The van der Waals surface area contributed by atoms with Gasteiger partial charge in [0.05, 0.1) is 6.54 Å². The Bertz CT molecular complexity index is 322. The number of rotatable bonds is 3. The third-order valence-corrected chi connectivity index (χ3v) is 1.77. The number of amides is 1. The van der Waals surface area contributed by atoms with E-state index in [1.165, 1.54) is 13.8 Å². The lowest BCUT2D eigenvalue weighted by Crippen LogP contribution is -2.41. The number of hydrogen-bond acceptors (Lipinski definition) is 3. The SMILES string of the molecule is Cc1ccc(CNC(=O)C(C)(C)O)o1. The van der Waals surface area contributed by atoms with E-state index >= 15 is 0 Å². The molecule has 1 aromatic heterocycles. The van der Waals surface area contributed by atoms with Crippen LogP contribution in [0.2, 0.25) is 0 Å². The van der Waals surface area contributed by atoms with Crippen LogP contribution in [0.25, 0.3) is 0 Å². The minimum absolute atomic E-state index is 0.302. The quantitative estimate of drug-likeness (QED) is 0.759. The average molecular weight is 197 g/mol. The monoisotopic (exact) mass is 197 g/mol. The summed E-state index contributed by atoms with van der Waals surface area (Å²) in [5.74, 6) is 1.07. The lowest BCUT2D eigenvalue weighted by atomic mass is 10.1. The molecule has 78 valence electrons. The van der Waals surface area contributed by atoms with Crippen molar-refractivity contribution in [3.63, 3.8) is 0 Å². The Kier molecular flexibility index (Phi) is 2.96. The van der Waals surface area contributed by atoms with Gasteiger partial charge in [0.1, 0.15) is 17.1 Å². The van der Waals surface area contributed by atoms with Crippen LogP contribution in [0.5, 0.6) is 0 Å². The standard InChI is InChI=1S/C10H15NO3/c1-7-4-5-8(14-7)6-11-9(12)10(2,3)13/h4-5,13H,6H2,1-3H3,(H,11,12). The molecule has 0 aliphatic rings. The fourth-order valence-corrected chi connectivity index (χ4v) is 0.964. The molecule has 0 bridgehead atoms. The predicted molar refractivity (Wildman–Crippen MR) is 51.6 cm³/mol. The second kappa shape index (κ2) is 3.84. The molecule has 4 heteroatoms. The molecule has 0 aliphatic carbocycles. The molecule has 0 aromatic carbocycles. The molecule has 1 amide bonds. The summed E-state index contributed by atoms with van der Waals surface area (Å²) < 4.78 is 5.25. The minimum atomic E-state index is -1.35. The third-order valence-electron chi connectivity index (χ3n) is 1.77. The highest BCUT2D eigenvalue weighted by Gasteiger charge is 2.23. The van der Waals surface area contributed by atoms with Gasteiger partial charge in [-0.1, -0.05) is 0 Å². The van der Waals surface area contributed by atoms with Crippen molar-refractivity contribution in [3.05, 3.63) is 23.7 Å². The molecule has 4 nitrogen and oxygen atoms in total. The van der Waals surface area contributed by atoms with E-state index in [4.69, 9.17) is 4.42 Å². The first-order valence-electron chi connectivity index (χ1n) is 4.45. The van der Waals surface area contributed by atoms with E-state index in [0.717, 1.165) is 5.76 Å². The molecule has 14 heavy (non-hydrogen) atoms. The normalized spacial score (nSPS) is 11.4. The van der Waals surface area contributed by atoms with Gasteiger partial charge in [0.2, 0.25) is 0 Å². The number of aryl methyl sites for hydroxylation is 1. The number of hydrogen-bond donors (Lipinski definition) is 2. The molecule has 1 rings (SSSR count). The molecule has 0 aliphatic heterocycles. The lowest BCUT2D eigenvalue weighted by molar-refractivity contribution is -0.136. The number of aliphatic hydroxyl groups is 1. The Hall–Kier alpha value is -1.29. The Balaban J connectivity index is 2.46. The highest BCUT2D eigenvalue weighted by atomic mass is 16.3. The topological polar surface area (TPSA) is 62.5 Å². The first-order valence-corrected chi connectivity index (χ1v) is 4.45. The molecule has 1 aromatic rings. The second-order valence-electron chi connectivity index (χ2n) is 3.75. The van der Waals surface area contributed by atoms with E-state index in [0.29, 0.717) is 12.3 Å². The summed E-state index contributed by atoms with van der Waals surface area (Å²) in [5.41, 5.74) is -1.35. The molecule has 1 heterocycles. The van der Waals surface area contributed by atoms with Crippen molar-refractivity contribution < 1.29 is 14.3 Å². The van der Waals surface area contributed by atoms with Crippen LogP contribution < -0.4 is 5.32 Å². The summed E-state index contributed by atoms with van der Waals surface area (Å²) in [7, 11) is 0. The van der Waals surface area contributed by atoms with E-state index in [-0.39, 0.29) is 0 Å². The zero-order valence-electron chi connectivity index (χ0n) is 8.63. The van der Waals surface area contributed by atoms with Crippen LogP contribution >= 0.6 is 0 Å². The Morgan fingerprint density at radius 1 is 1.57 bits per heavy atom. The van der Waals surface area contributed by atoms with Crippen molar-refractivity contribution in [2.75, 3.05) is 0 Å². The van der Waals surface area contributed by atoms with E-state index in [1.54, 1.807) is 6.07 Å². The van der Waals surface area contributed by atoms with Gasteiger partial charge >= 0.3 is 0 Å². The average Bonchev–Trinajstić information content (AvgIpc) is 2.45. The Labute approximate surface area is 82.9 Å². The lowest BCUT2D eigenvalue weighted by Gasteiger charge is -2.15. The molecule has 0 saturated carbocycles. The number of carbonyl (C=O) groups is 1. The molecule has 0 unspecified atom stereocenters. The van der Waals surface area contributed by atoms with Gasteiger partial charge in [-0.3, -0.25) is 4.79 Å². The first kappa shape index (κ1) is 10.8. The Morgan fingerprint density at radius 2 is 2.21 bits per heavy atom. The predicted octanol–water partition coefficient (Wildman–Crippen LogP) is 0.975. The van der Waals surface area contributed by atoms with Gasteiger partial charge in [-0.2, -0.15) is 0 Å². The van der Waals surface area contributed by atoms with E-state index < -0.39 is 11.5 Å². The molecule has 0 atom stereocenters. The van der Waals surface area contributed by atoms with Crippen LogP contribution in [0, 0.1) is 6.92 Å². The maximum Gasteiger partial charge on any atom is 0.251 e. The van der Waals surface area contributed by atoms with Crippen molar-refractivity contribution in [3.8, 4) is 0 Å². The number of nitrogens with one attached hydrogen (secondary N) is 1. The van der Waals surface area contributed by atoms with Gasteiger partial charge in [-0.25, -0.2) is 0 Å². The van der Waals surface area contributed by atoms with Crippen molar-refractivity contribution in [1.29, 1.82) is 0 Å². The summed E-state index contributed by atoms with van der Waals surface area (Å²) in [4.78, 5) is 11.2. The summed E-state index contributed by atoms with van der Waals surface area (Å²) in [6, 6.07) is 3.62. The zero-order valence-corrected chi connectivity index (χ0v) is 8.63. The number of furan rings is 1. The highest BCUT2D eigenvalue weighted by Crippen LogP contribution is 2.06. The maximum atomic E-state index is 11.2. The van der Waals surface area contributed by atoms with Crippen LogP contribution in [0.3, 0.4) is 0 Å². The first-order chi connectivity index (χ1) is 6.39. The van der Waals surface area contributed by atoms with Crippen molar-refractivity contribution in [2.45, 2.75) is 32.9 Å². The highest BCUT2D eigenvalue weighted by molar-refractivity contribution is 5.83. The largest absolute Gasteiger partial charge is 0.465 e. The molecule has 0 radical (unpaired) electrons. The van der Waals surface area contributed by atoms with Gasteiger partial charge in [-0.15, -0.1) is 0 Å². The number of carbonyl (C=O) groups excluding carboxylic acids is 1. The minimum Gasteiger partial charge on any atom is -0.465 e. The maximum absolute atomic E-state index is 11.2. The summed E-state index contributed by atoms with van der Waals surface area (Å²) in [5, 5.41) is 11.9. The smallest absolute Gasteiger partial charge is 0.251 e. The van der Waals surface area contributed by atoms with E-state index in [2.05, 4.69) is 5.32 Å². The van der Waals surface area contributed by atoms with Gasteiger partial charge in [-0.05, 0) is 32.9 Å². The van der Waals surface area contributed by atoms with Crippen molar-refractivity contribution >= 4 is 5.91 Å². The van der Waals surface area contributed by atoms with Crippen LogP contribution in [0.1, 0.15) is 25.4 Å². The van der Waals surface area contributed by atoms with Crippen molar-refractivity contribution in [1.82, 2.24) is 5.32 Å².